The summed E-state index contributed by atoms with van der Waals surface area (Å²) in [6, 6.07) is 5.13. The SMILES string of the molecule is Cc1cc(Cl)ccc1C(=O)NC(C)c1cn[nH]c1. The third-order valence-corrected chi connectivity index (χ3v) is 3.04. The number of aryl methyl sites for hydroxylation is 1. The van der Waals surface area contributed by atoms with E-state index in [0.717, 1.165) is 11.1 Å². The summed E-state index contributed by atoms with van der Waals surface area (Å²) in [6.45, 7) is 3.78. The molecular weight excluding hydrogens is 250 g/mol. The minimum Gasteiger partial charge on any atom is -0.345 e. The standard InChI is InChI=1S/C13H14ClN3O/c1-8-5-11(14)3-4-12(8)13(18)17-9(2)10-6-15-16-7-10/h3-7,9H,1-2H3,(H,15,16)(H,17,18). The Morgan fingerprint density at radius 1 is 1.50 bits per heavy atom. The molecule has 1 unspecified atom stereocenters. The first kappa shape index (κ1) is 12.6. The highest BCUT2D eigenvalue weighted by molar-refractivity contribution is 6.30. The molecule has 0 aliphatic carbocycles. The number of carbonyl (C=O) groups is 1. The van der Waals surface area contributed by atoms with Crippen molar-refractivity contribution < 1.29 is 4.79 Å². The van der Waals surface area contributed by atoms with Gasteiger partial charge in [0.05, 0.1) is 12.2 Å². The Morgan fingerprint density at radius 3 is 2.89 bits per heavy atom. The lowest BCUT2D eigenvalue weighted by Gasteiger charge is -2.13. The van der Waals surface area contributed by atoms with Gasteiger partial charge in [0.15, 0.2) is 0 Å². The minimum absolute atomic E-state index is 0.0914. The minimum atomic E-state index is -0.113. The molecule has 2 aromatic rings. The topological polar surface area (TPSA) is 57.8 Å². The van der Waals surface area contributed by atoms with E-state index in [1.54, 1.807) is 30.6 Å². The fraction of sp³-hybridized carbons (Fsp3) is 0.231. The van der Waals surface area contributed by atoms with Crippen LogP contribution in [0.4, 0.5) is 0 Å². The van der Waals surface area contributed by atoms with Gasteiger partial charge in [0.2, 0.25) is 0 Å². The summed E-state index contributed by atoms with van der Waals surface area (Å²) in [6.07, 6.45) is 3.46. The molecule has 0 saturated carbocycles. The van der Waals surface area contributed by atoms with E-state index in [2.05, 4.69) is 15.5 Å². The second kappa shape index (κ2) is 5.23. The zero-order valence-corrected chi connectivity index (χ0v) is 11.0. The van der Waals surface area contributed by atoms with Gasteiger partial charge >= 0.3 is 0 Å². The molecule has 1 amide bonds. The molecular formula is C13H14ClN3O. The van der Waals surface area contributed by atoms with E-state index in [0.29, 0.717) is 10.6 Å². The number of amides is 1. The van der Waals surface area contributed by atoms with E-state index in [-0.39, 0.29) is 11.9 Å². The Balaban J connectivity index is 2.12. The first-order chi connectivity index (χ1) is 8.58. The number of rotatable bonds is 3. The van der Waals surface area contributed by atoms with Crippen molar-refractivity contribution in [1.29, 1.82) is 0 Å². The van der Waals surface area contributed by atoms with Gasteiger partial charge in [0, 0.05) is 22.3 Å². The Bertz CT molecular complexity index is 551. The Kier molecular flexibility index (Phi) is 3.67. The fourth-order valence-electron chi connectivity index (χ4n) is 1.74. The summed E-state index contributed by atoms with van der Waals surface area (Å²) in [7, 11) is 0. The van der Waals surface area contributed by atoms with Crippen LogP contribution in [0.25, 0.3) is 0 Å². The lowest BCUT2D eigenvalue weighted by atomic mass is 10.1. The maximum absolute atomic E-state index is 12.1. The molecule has 0 bridgehead atoms. The monoisotopic (exact) mass is 263 g/mol. The maximum Gasteiger partial charge on any atom is 0.252 e. The number of hydrogen-bond donors (Lipinski definition) is 2. The molecule has 0 aliphatic rings. The van der Waals surface area contributed by atoms with Gasteiger partial charge in [-0.25, -0.2) is 0 Å². The molecule has 1 atom stereocenters. The molecule has 18 heavy (non-hydrogen) atoms. The Labute approximate surface area is 110 Å². The highest BCUT2D eigenvalue weighted by Gasteiger charge is 2.13. The van der Waals surface area contributed by atoms with E-state index in [4.69, 9.17) is 11.6 Å². The van der Waals surface area contributed by atoms with Crippen molar-refractivity contribution >= 4 is 17.5 Å². The van der Waals surface area contributed by atoms with Crippen LogP contribution in [-0.2, 0) is 0 Å². The number of nitrogens with zero attached hydrogens (tertiary/aromatic N) is 1. The summed E-state index contributed by atoms with van der Waals surface area (Å²) in [5.74, 6) is -0.113. The van der Waals surface area contributed by atoms with E-state index in [1.807, 2.05) is 13.8 Å². The normalized spacial score (nSPS) is 12.2. The van der Waals surface area contributed by atoms with Crippen LogP contribution in [0.2, 0.25) is 5.02 Å². The highest BCUT2D eigenvalue weighted by Crippen LogP contribution is 2.17. The van der Waals surface area contributed by atoms with Crippen molar-refractivity contribution in [3.05, 3.63) is 52.3 Å². The first-order valence-corrected chi connectivity index (χ1v) is 6.01. The molecule has 0 radical (unpaired) electrons. The van der Waals surface area contributed by atoms with Crippen molar-refractivity contribution in [2.45, 2.75) is 19.9 Å². The number of halogens is 1. The van der Waals surface area contributed by atoms with E-state index >= 15 is 0 Å². The van der Waals surface area contributed by atoms with Crippen LogP contribution in [0.15, 0.2) is 30.6 Å². The number of nitrogens with one attached hydrogen (secondary N) is 2. The van der Waals surface area contributed by atoms with Gasteiger partial charge < -0.3 is 5.32 Å². The van der Waals surface area contributed by atoms with Gasteiger partial charge in [-0.2, -0.15) is 5.10 Å². The van der Waals surface area contributed by atoms with Crippen molar-refractivity contribution in [2.24, 2.45) is 0 Å². The number of carbonyl (C=O) groups excluding carboxylic acids is 1. The number of aromatic nitrogens is 2. The summed E-state index contributed by atoms with van der Waals surface area (Å²) >= 11 is 5.86. The molecule has 2 N–H and O–H groups in total. The lowest BCUT2D eigenvalue weighted by molar-refractivity contribution is 0.0939. The van der Waals surface area contributed by atoms with Gasteiger partial charge in [0.25, 0.3) is 5.91 Å². The van der Waals surface area contributed by atoms with E-state index in [1.165, 1.54) is 0 Å². The summed E-state index contributed by atoms with van der Waals surface area (Å²) in [5.41, 5.74) is 2.43. The van der Waals surface area contributed by atoms with Crippen LogP contribution in [-0.4, -0.2) is 16.1 Å². The number of H-pyrrole nitrogens is 1. The molecule has 5 heteroatoms. The molecule has 0 saturated heterocycles. The summed E-state index contributed by atoms with van der Waals surface area (Å²) in [4.78, 5) is 12.1. The van der Waals surface area contributed by atoms with Crippen molar-refractivity contribution in [3.8, 4) is 0 Å². The van der Waals surface area contributed by atoms with Crippen LogP contribution in [0, 0.1) is 6.92 Å². The predicted octanol–water partition coefficient (Wildman–Crippen LogP) is 2.86. The van der Waals surface area contributed by atoms with Gasteiger partial charge in [0.1, 0.15) is 0 Å². The van der Waals surface area contributed by atoms with Crippen LogP contribution in [0.5, 0.6) is 0 Å². The average molecular weight is 264 g/mol. The van der Waals surface area contributed by atoms with Gasteiger partial charge in [-0.05, 0) is 37.6 Å². The predicted molar refractivity (Wildman–Crippen MR) is 70.7 cm³/mol. The molecule has 1 aromatic heterocycles. The smallest absolute Gasteiger partial charge is 0.252 e. The first-order valence-electron chi connectivity index (χ1n) is 5.63. The van der Waals surface area contributed by atoms with E-state index in [9.17, 15) is 4.79 Å². The number of hydrogen-bond acceptors (Lipinski definition) is 2. The summed E-state index contributed by atoms with van der Waals surface area (Å²) < 4.78 is 0. The van der Waals surface area contributed by atoms with Crippen LogP contribution in [0.3, 0.4) is 0 Å². The zero-order chi connectivity index (χ0) is 13.1. The van der Waals surface area contributed by atoms with Gasteiger partial charge in [-0.3, -0.25) is 9.89 Å². The van der Waals surface area contributed by atoms with Crippen molar-refractivity contribution in [1.82, 2.24) is 15.5 Å². The molecule has 0 spiro atoms. The van der Waals surface area contributed by atoms with Gasteiger partial charge in [-0.15, -0.1) is 0 Å². The second-order valence-electron chi connectivity index (χ2n) is 4.19. The van der Waals surface area contributed by atoms with Crippen molar-refractivity contribution in [3.63, 3.8) is 0 Å². The Morgan fingerprint density at radius 2 is 2.28 bits per heavy atom. The van der Waals surface area contributed by atoms with Crippen LogP contribution >= 0.6 is 11.6 Å². The highest BCUT2D eigenvalue weighted by atomic mass is 35.5. The third-order valence-electron chi connectivity index (χ3n) is 2.80. The molecule has 1 heterocycles. The zero-order valence-electron chi connectivity index (χ0n) is 10.2. The molecule has 94 valence electrons. The fourth-order valence-corrected chi connectivity index (χ4v) is 1.96. The van der Waals surface area contributed by atoms with Gasteiger partial charge in [-0.1, -0.05) is 11.6 Å². The maximum atomic E-state index is 12.1. The average Bonchev–Trinajstić information content (AvgIpc) is 2.81. The third kappa shape index (κ3) is 2.71. The molecule has 0 fully saturated rings. The second-order valence-corrected chi connectivity index (χ2v) is 4.62. The molecule has 0 aliphatic heterocycles. The molecule has 2 rings (SSSR count). The quantitative estimate of drug-likeness (QED) is 0.895. The molecule has 4 nitrogen and oxygen atoms in total. The largest absolute Gasteiger partial charge is 0.345 e. The van der Waals surface area contributed by atoms with Crippen LogP contribution in [0.1, 0.15) is 34.5 Å². The van der Waals surface area contributed by atoms with Crippen molar-refractivity contribution in [2.75, 3.05) is 0 Å². The Hall–Kier alpha value is -1.81. The van der Waals surface area contributed by atoms with E-state index < -0.39 is 0 Å². The molecule has 1 aromatic carbocycles. The summed E-state index contributed by atoms with van der Waals surface area (Å²) in [5, 5.41) is 10.1. The van der Waals surface area contributed by atoms with Crippen LogP contribution < -0.4 is 5.32 Å². The lowest BCUT2D eigenvalue weighted by Crippen LogP contribution is -2.27. The number of benzene rings is 1. The number of aromatic amines is 1.